The van der Waals surface area contributed by atoms with Crippen molar-refractivity contribution in [2.24, 2.45) is 0 Å². The molecule has 1 atom stereocenters. The van der Waals surface area contributed by atoms with Gasteiger partial charge in [-0.1, -0.05) is 25.1 Å². The molecule has 0 radical (unpaired) electrons. The number of aromatic hydroxyl groups is 1. The van der Waals surface area contributed by atoms with Gasteiger partial charge in [-0.2, -0.15) is 0 Å². The van der Waals surface area contributed by atoms with Crippen molar-refractivity contribution in [3.05, 3.63) is 54.1 Å². The second-order valence-corrected chi connectivity index (χ2v) is 4.83. The third-order valence-corrected chi connectivity index (χ3v) is 3.08. The molecule has 2 aromatic carbocycles. The number of anilines is 1. The van der Waals surface area contributed by atoms with E-state index in [1.165, 1.54) is 5.56 Å². The van der Waals surface area contributed by atoms with E-state index in [2.05, 4.69) is 31.3 Å². The Balaban J connectivity index is 2.00. The summed E-state index contributed by atoms with van der Waals surface area (Å²) < 4.78 is 5.57. The number of rotatable bonds is 6. The summed E-state index contributed by atoms with van der Waals surface area (Å²) >= 11 is 0. The second kappa shape index (κ2) is 6.85. The molecule has 2 aromatic rings. The van der Waals surface area contributed by atoms with Crippen LogP contribution < -0.4 is 10.1 Å². The maximum absolute atomic E-state index is 9.46. The van der Waals surface area contributed by atoms with Gasteiger partial charge in [-0.25, -0.2) is 0 Å². The van der Waals surface area contributed by atoms with Crippen molar-refractivity contribution in [2.75, 3.05) is 11.9 Å². The minimum absolute atomic E-state index is 0.164. The lowest BCUT2D eigenvalue weighted by molar-refractivity contribution is 0.317. The third-order valence-electron chi connectivity index (χ3n) is 3.08. The zero-order valence-electron chi connectivity index (χ0n) is 12.0. The average Bonchev–Trinajstić information content (AvgIpc) is 2.45. The Labute approximate surface area is 120 Å². The molecule has 0 saturated heterocycles. The first-order valence-corrected chi connectivity index (χ1v) is 6.97. The highest BCUT2D eigenvalue weighted by atomic mass is 16.5. The summed E-state index contributed by atoms with van der Waals surface area (Å²) in [6.45, 7) is 4.93. The van der Waals surface area contributed by atoms with Crippen molar-refractivity contribution in [3.63, 3.8) is 0 Å². The number of benzene rings is 2. The van der Waals surface area contributed by atoms with Crippen molar-refractivity contribution >= 4 is 5.69 Å². The first kappa shape index (κ1) is 14.3. The standard InChI is InChI=1S/C17H21NO2/c1-3-11-20-17-9-7-14(8-10-17)13(2)18-15-5-4-6-16(19)12-15/h4-10,12-13,18-19H,3,11H2,1-2H3. The maximum Gasteiger partial charge on any atom is 0.119 e. The van der Waals surface area contributed by atoms with E-state index in [1.807, 2.05) is 24.3 Å². The molecule has 3 nitrogen and oxygen atoms in total. The van der Waals surface area contributed by atoms with Crippen LogP contribution in [0.5, 0.6) is 11.5 Å². The molecule has 20 heavy (non-hydrogen) atoms. The molecule has 1 unspecified atom stereocenters. The van der Waals surface area contributed by atoms with Gasteiger partial charge in [0.2, 0.25) is 0 Å². The zero-order chi connectivity index (χ0) is 14.4. The van der Waals surface area contributed by atoms with Crippen LogP contribution in [0.1, 0.15) is 31.9 Å². The number of hydrogen-bond acceptors (Lipinski definition) is 3. The molecule has 0 amide bonds. The normalized spacial score (nSPS) is 11.9. The third kappa shape index (κ3) is 3.92. The topological polar surface area (TPSA) is 41.5 Å². The van der Waals surface area contributed by atoms with Crippen LogP contribution in [-0.2, 0) is 0 Å². The predicted molar refractivity (Wildman–Crippen MR) is 82.4 cm³/mol. The first-order chi connectivity index (χ1) is 9.69. The van der Waals surface area contributed by atoms with Crippen molar-refractivity contribution in [2.45, 2.75) is 26.3 Å². The van der Waals surface area contributed by atoms with Crippen LogP contribution in [0.15, 0.2) is 48.5 Å². The van der Waals surface area contributed by atoms with Gasteiger partial charge in [0, 0.05) is 17.8 Å². The highest BCUT2D eigenvalue weighted by Gasteiger charge is 2.06. The van der Waals surface area contributed by atoms with E-state index in [0.29, 0.717) is 0 Å². The van der Waals surface area contributed by atoms with Gasteiger partial charge in [-0.15, -0.1) is 0 Å². The number of hydrogen-bond donors (Lipinski definition) is 2. The Bertz CT molecular complexity index is 537. The summed E-state index contributed by atoms with van der Waals surface area (Å²) in [4.78, 5) is 0. The predicted octanol–water partition coefficient (Wildman–Crippen LogP) is 4.35. The van der Waals surface area contributed by atoms with Crippen molar-refractivity contribution in [1.82, 2.24) is 0 Å². The Morgan fingerprint density at radius 3 is 2.55 bits per heavy atom. The highest BCUT2D eigenvalue weighted by molar-refractivity contribution is 5.49. The monoisotopic (exact) mass is 271 g/mol. The van der Waals surface area contributed by atoms with E-state index in [1.54, 1.807) is 12.1 Å². The van der Waals surface area contributed by atoms with Gasteiger partial charge in [0.1, 0.15) is 11.5 Å². The van der Waals surface area contributed by atoms with Gasteiger partial charge in [0.05, 0.1) is 6.61 Å². The average molecular weight is 271 g/mol. The Kier molecular flexibility index (Phi) is 4.88. The van der Waals surface area contributed by atoms with Gasteiger partial charge >= 0.3 is 0 Å². The van der Waals surface area contributed by atoms with Crippen LogP contribution >= 0.6 is 0 Å². The van der Waals surface area contributed by atoms with E-state index in [9.17, 15) is 5.11 Å². The van der Waals surface area contributed by atoms with E-state index >= 15 is 0 Å². The van der Waals surface area contributed by atoms with Crippen LogP contribution in [0.25, 0.3) is 0 Å². The number of ether oxygens (including phenoxy) is 1. The van der Waals surface area contributed by atoms with Gasteiger partial charge in [-0.3, -0.25) is 0 Å². The van der Waals surface area contributed by atoms with Gasteiger partial charge in [0.25, 0.3) is 0 Å². The molecule has 0 bridgehead atoms. The Morgan fingerprint density at radius 2 is 1.90 bits per heavy atom. The van der Waals surface area contributed by atoms with Crippen LogP contribution in [0, 0.1) is 0 Å². The fourth-order valence-electron chi connectivity index (χ4n) is 2.00. The Hall–Kier alpha value is -2.16. The molecular formula is C17H21NO2. The fraction of sp³-hybridized carbons (Fsp3) is 0.294. The molecule has 0 aliphatic rings. The van der Waals surface area contributed by atoms with E-state index < -0.39 is 0 Å². The molecule has 0 aliphatic carbocycles. The van der Waals surface area contributed by atoms with Gasteiger partial charge in [0.15, 0.2) is 0 Å². The van der Waals surface area contributed by atoms with Crippen molar-refractivity contribution < 1.29 is 9.84 Å². The molecule has 0 fully saturated rings. The minimum atomic E-state index is 0.164. The summed E-state index contributed by atoms with van der Waals surface area (Å²) in [6, 6.07) is 15.4. The lowest BCUT2D eigenvalue weighted by Gasteiger charge is -2.16. The minimum Gasteiger partial charge on any atom is -0.508 e. The first-order valence-electron chi connectivity index (χ1n) is 6.97. The molecular weight excluding hydrogens is 250 g/mol. The van der Waals surface area contributed by atoms with Crippen LogP contribution in [0.3, 0.4) is 0 Å². The van der Waals surface area contributed by atoms with E-state index in [0.717, 1.165) is 24.5 Å². The van der Waals surface area contributed by atoms with Crippen LogP contribution in [0.2, 0.25) is 0 Å². The number of phenols is 1. The van der Waals surface area contributed by atoms with Gasteiger partial charge in [-0.05, 0) is 43.2 Å². The molecule has 106 valence electrons. The van der Waals surface area contributed by atoms with E-state index in [4.69, 9.17) is 4.74 Å². The highest BCUT2D eigenvalue weighted by Crippen LogP contribution is 2.23. The lowest BCUT2D eigenvalue weighted by atomic mass is 10.1. The summed E-state index contributed by atoms with van der Waals surface area (Å²) in [5.74, 6) is 1.17. The molecule has 0 aromatic heterocycles. The quantitative estimate of drug-likeness (QED) is 0.820. The summed E-state index contributed by atoms with van der Waals surface area (Å²) in [7, 11) is 0. The summed E-state index contributed by atoms with van der Waals surface area (Å²) in [5.41, 5.74) is 2.08. The summed E-state index contributed by atoms with van der Waals surface area (Å²) in [6.07, 6.45) is 1.01. The van der Waals surface area contributed by atoms with E-state index in [-0.39, 0.29) is 11.8 Å². The fourth-order valence-corrected chi connectivity index (χ4v) is 2.00. The zero-order valence-corrected chi connectivity index (χ0v) is 12.0. The summed E-state index contributed by atoms with van der Waals surface area (Å²) in [5, 5.41) is 12.8. The molecule has 3 heteroatoms. The second-order valence-electron chi connectivity index (χ2n) is 4.83. The largest absolute Gasteiger partial charge is 0.508 e. The van der Waals surface area contributed by atoms with Crippen LogP contribution in [0.4, 0.5) is 5.69 Å². The van der Waals surface area contributed by atoms with Gasteiger partial charge < -0.3 is 15.2 Å². The number of nitrogens with one attached hydrogen (secondary N) is 1. The van der Waals surface area contributed by atoms with Crippen molar-refractivity contribution in [3.8, 4) is 11.5 Å². The Morgan fingerprint density at radius 1 is 1.15 bits per heavy atom. The molecule has 2 rings (SSSR count). The molecule has 0 spiro atoms. The maximum atomic E-state index is 9.46. The SMILES string of the molecule is CCCOc1ccc(C(C)Nc2cccc(O)c2)cc1. The van der Waals surface area contributed by atoms with Crippen molar-refractivity contribution in [1.29, 1.82) is 0 Å². The van der Waals surface area contributed by atoms with Crippen LogP contribution in [-0.4, -0.2) is 11.7 Å². The molecule has 0 heterocycles. The number of phenolic OH excluding ortho intramolecular Hbond substituents is 1. The smallest absolute Gasteiger partial charge is 0.119 e. The molecule has 0 aliphatic heterocycles. The molecule has 2 N–H and O–H groups in total. The molecule has 0 saturated carbocycles. The lowest BCUT2D eigenvalue weighted by Crippen LogP contribution is -2.06.